The van der Waals surface area contributed by atoms with Crippen molar-refractivity contribution in [2.24, 2.45) is 0 Å². The van der Waals surface area contributed by atoms with Gasteiger partial charge in [-0.1, -0.05) is 12.1 Å². The second-order valence-corrected chi connectivity index (χ2v) is 4.63. The zero-order valence-electron chi connectivity index (χ0n) is 12.1. The van der Waals surface area contributed by atoms with E-state index in [1.165, 1.54) is 0 Å². The SMILES string of the molecule is COc1cccc(N(C)Cc2ccc(N)cc2OC)c1. The Balaban J connectivity index is 2.20. The Bertz CT molecular complexity index is 584. The molecule has 2 aromatic carbocycles. The molecule has 2 N–H and O–H groups in total. The number of methoxy groups -OCH3 is 2. The zero-order chi connectivity index (χ0) is 14.5. The van der Waals surface area contributed by atoms with Gasteiger partial charge in [0.05, 0.1) is 14.2 Å². The highest BCUT2D eigenvalue weighted by Gasteiger charge is 2.08. The van der Waals surface area contributed by atoms with Crippen molar-refractivity contribution in [3.05, 3.63) is 48.0 Å². The number of anilines is 2. The van der Waals surface area contributed by atoms with Crippen molar-refractivity contribution in [1.82, 2.24) is 0 Å². The Morgan fingerprint density at radius 1 is 1.05 bits per heavy atom. The van der Waals surface area contributed by atoms with E-state index >= 15 is 0 Å². The van der Waals surface area contributed by atoms with E-state index in [0.717, 1.165) is 29.3 Å². The van der Waals surface area contributed by atoms with Crippen LogP contribution in [0.25, 0.3) is 0 Å². The molecule has 2 rings (SSSR count). The molecule has 0 saturated heterocycles. The molecule has 0 aromatic heterocycles. The summed E-state index contributed by atoms with van der Waals surface area (Å²) in [6.07, 6.45) is 0. The summed E-state index contributed by atoms with van der Waals surface area (Å²) in [7, 11) is 5.36. The molecule has 0 amide bonds. The maximum atomic E-state index is 5.77. The minimum Gasteiger partial charge on any atom is -0.497 e. The average Bonchev–Trinajstić information content (AvgIpc) is 2.49. The summed E-state index contributed by atoms with van der Waals surface area (Å²) in [6.45, 7) is 0.733. The van der Waals surface area contributed by atoms with E-state index in [2.05, 4.69) is 4.90 Å². The van der Waals surface area contributed by atoms with E-state index in [-0.39, 0.29) is 0 Å². The van der Waals surface area contributed by atoms with Crippen LogP contribution in [0.4, 0.5) is 11.4 Å². The molecule has 0 heterocycles. The monoisotopic (exact) mass is 272 g/mol. The molecule has 4 nitrogen and oxygen atoms in total. The quantitative estimate of drug-likeness (QED) is 0.850. The molecule has 0 fully saturated rings. The maximum Gasteiger partial charge on any atom is 0.125 e. The van der Waals surface area contributed by atoms with Crippen LogP contribution in [0.5, 0.6) is 11.5 Å². The first-order valence-corrected chi connectivity index (χ1v) is 6.41. The van der Waals surface area contributed by atoms with Gasteiger partial charge in [0.15, 0.2) is 0 Å². The van der Waals surface area contributed by atoms with Crippen LogP contribution in [0.15, 0.2) is 42.5 Å². The lowest BCUT2D eigenvalue weighted by atomic mass is 10.1. The van der Waals surface area contributed by atoms with Crippen molar-refractivity contribution in [2.75, 3.05) is 31.9 Å². The van der Waals surface area contributed by atoms with Crippen molar-refractivity contribution in [3.63, 3.8) is 0 Å². The van der Waals surface area contributed by atoms with Gasteiger partial charge in [-0.3, -0.25) is 0 Å². The largest absolute Gasteiger partial charge is 0.497 e. The summed E-state index contributed by atoms with van der Waals surface area (Å²) in [5.41, 5.74) is 8.65. The van der Waals surface area contributed by atoms with Crippen LogP contribution in [-0.4, -0.2) is 21.3 Å². The summed E-state index contributed by atoms with van der Waals surface area (Å²) < 4.78 is 10.6. The number of nitrogens with zero attached hydrogens (tertiary/aromatic N) is 1. The molecule has 0 aliphatic rings. The Morgan fingerprint density at radius 2 is 1.85 bits per heavy atom. The second-order valence-electron chi connectivity index (χ2n) is 4.63. The third-order valence-electron chi connectivity index (χ3n) is 3.21. The standard InChI is InChI=1S/C16H20N2O2/c1-18(14-5-4-6-15(10-14)19-2)11-12-7-8-13(17)9-16(12)20-3/h4-10H,11,17H2,1-3H3. The van der Waals surface area contributed by atoms with Crippen LogP contribution in [0.2, 0.25) is 0 Å². The van der Waals surface area contributed by atoms with Gasteiger partial charge in [0, 0.05) is 42.7 Å². The summed E-state index contributed by atoms with van der Waals surface area (Å²) >= 11 is 0. The van der Waals surface area contributed by atoms with Crippen molar-refractivity contribution in [3.8, 4) is 11.5 Å². The first-order chi connectivity index (χ1) is 9.63. The number of ether oxygens (including phenoxy) is 2. The lowest BCUT2D eigenvalue weighted by Crippen LogP contribution is -2.17. The molecule has 0 radical (unpaired) electrons. The van der Waals surface area contributed by atoms with Gasteiger partial charge in [-0.25, -0.2) is 0 Å². The fourth-order valence-electron chi connectivity index (χ4n) is 2.09. The van der Waals surface area contributed by atoms with Gasteiger partial charge in [0.1, 0.15) is 11.5 Å². The van der Waals surface area contributed by atoms with Crippen molar-refractivity contribution < 1.29 is 9.47 Å². The van der Waals surface area contributed by atoms with Gasteiger partial charge in [-0.2, -0.15) is 0 Å². The zero-order valence-corrected chi connectivity index (χ0v) is 12.1. The van der Waals surface area contributed by atoms with E-state index < -0.39 is 0 Å². The van der Waals surface area contributed by atoms with Gasteiger partial charge in [0.25, 0.3) is 0 Å². The predicted molar refractivity (Wildman–Crippen MR) is 82.5 cm³/mol. The molecular weight excluding hydrogens is 252 g/mol. The molecule has 20 heavy (non-hydrogen) atoms. The Labute approximate surface area is 119 Å². The average molecular weight is 272 g/mol. The van der Waals surface area contributed by atoms with E-state index in [0.29, 0.717) is 5.69 Å². The molecule has 0 spiro atoms. The highest BCUT2D eigenvalue weighted by Crippen LogP contribution is 2.26. The summed E-state index contributed by atoms with van der Waals surface area (Å²) in [6, 6.07) is 13.7. The third-order valence-corrected chi connectivity index (χ3v) is 3.21. The molecule has 2 aromatic rings. The molecule has 0 aliphatic carbocycles. The van der Waals surface area contributed by atoms with Gasteiger partial charge in [-0.05, 0) is 18.2 Å². The maximum absolute atomic E-state index is 5.77. The molecule has 4 heteroatoms. The minimum atomic E-state index is 0.703. The van der Waals surface area contributed by atoms with Crippen molar-refractivity contribution in [2.45, 2.75) is 6.54 Å². The first-order valence-electron chi connectivity index (χ1n) is 6.41. The van der Waals surface area contributed by atoms with Crippen LogP contribution >= 0.6 is 0 Å². The van der Waals surface area contributed by atoms with E-state index in [9.17, 15) is 0 Å². The molecular formula is C16H20N2O2. The van der Waals surface area contributed by atoms with Crippen LogP contribution < -0.4 is 20.1 Å². The van der Waals surface area contributed by atoms with Crippen LogP contribution in [0.1, 0.15) is 5.56 Å². The number of rotatable bonds is 5. The highest BCUT2D eigenvalue weighted by molar-refractivity contribution is 5.53. The van der Waals surface area contributed by atoms with Gasteiger partial charge >= 0.3 is 0 Å². The number of hydrogen-bond donors (Lipinski definition) is 1. The van der Waals surface area contributed by atoms with Gasteiger partial charge in [0.2, 0.25) is 0 Å². The molecule has 0 aliphatic heterocycles. The van der Waals surface area contributed by atoms with Crippen LogP contribution in [-0.2, 0) is 6.54 Å². The first kappa shape index (κ1) is 14.1. The molecule has 0 unspecified atom stereocenters. The summed E-state index contributed by atoms with van der Waals surface area (Å²) in [5.74, 6) is 1.65. The summed E-state index contributed by atoms with van der Waals surface area (Å²) in [4.78, 5) is 2.14. The number of hydrogen-bond acceptors (Lipinski definition) is 4. The minimum absolute atomic E-state index is 0.703. The molecule has 0 saturated carbocycles. The van der Waals surface area contributed by atoms with Gasteiger partial charge < -0.3 is 20.1 Å². The van der Waals surface area contributed by atoms with Gasteiger partial charge in [-0.15, -0.1) is 0 Å². The fourth-order valence-corrected chi connectivity index (χ4v) is 2.09. The van der Waals surface area contributed by atoms with Crippen LogP contribution in [0, 0.1) is 0 Å². The summed E-state index contributed by atoms with van der Waals surface area (Å²) in [5, 5.41) is 0. The van der Waals surface area contributed by atoms with E-state index in [4.69, 9.17) is 15.2 Å². The lowest BCUT2D eigenvalue weighted by Gasteiger charge is -2.21. The molecule has 0 bridgehead atoms. The number of nitrogens with two attached hydrogens (primary N) is 1. The lowest BCUT2D eigenvalue weighted by molar-refractivity contribution is 0.409. The number of nitrogen functional groups attached to an aromatic ring is 1. The Kier molecular flexibility index (Phi) is 4.35. The molecule has 106 valence electrons. The topological polar surface area (TPSA) is 47.7 Å². The van der Waals surface area contributed by atoms with Crippen molar-refractivity contribution >= 4 is 11.4 Å². The molecule has 0 atom stereocenters. The predicted octanol–water partition coefficient (Wildman–Crippen LogP) is 2.92. The normalized spacial score (nSPS) is 10.2. The van der Waals surface area contributed by atoms with E-state index in [1.54, 1.807) is 14.2 Å². The Hall–Kier alpha value is -2.36. The second kappa shape index (κ2) is 6.19. The smallest absolute Gasteiger partial charge is 0.125 e. The Morgan fingerprint density at radius 3 is 2.55 bits per heavy atom. The fraction of sp³-hybridized carbons (Fsp3) is 0.250. The van der Waals surface area contributed by atoms with Crippen LogP contribution in [0.3, 0.4) is 0 Å². The third kappa shape index (κ3) is 3.15. The highest BCUT2D eigenvalue weighted by atomic mass is 16.5. The van der Waals surface area contributed by atoms with E-state index in [1.807, 2.05) is 49.5 Å². The number of benzene rings is 2. The van der Waals surface area contributed by atoms with Crippen molar-refractivity contribution in [1.29, 1.82) is 0 Å².